The number of nitro benzene ring substituents is 1. The number of hydrogen-bond acceptors (Lipinski definition) is 6. The van der Waals surface area contributed by atoms with Crippen LogP contribution in [0.4, 0.5) is 11.4 Å². The summed E-state index contributed by atoms with van der Waals surface area (Å²) in [6, 6.07) is 3.81. The Balaban J connectivity index is 2.29. The first-order chi connectivity index (χ1) is 9.58. The standard InChI is InChI=1S/C12H16N4O4/c13-14-10-6-8(3-4-11(10)16(19)20)12(18)15-5-1-2-9(15)7-17/h3-4,6,9,14,17H,1-2,5,7,13H2. The van der Waals surface area contributed by atoms with Crippen LogP contribution in [-0.2, 0) is 0 Å². The molecule has 1 aromatic rings. The summed E-state index contributed by atoms with van der Waals surface area (Å²) < 4.78 is 0. The summed E-state index contributed by atoms with van der Waals surface area (Å²) in [6.45, 7) is 0.493. The van der Waals surface area contributed by atoms with Crippen LogP contribution in [0.1, 0.15) is 23.2 Å². The van der Waals surface area contributed by atoms with Crippen LogP contribution in [0.25, 0.3) is 0 Å². The number of aliphatic hydroxyl groups is 1. The van der Waals surface area contributed by atoms with Crippen LogP contribution in [0.15, 0.2) is 18.2 Å². The second kappa shape index (κ2) is 5.85. The van der Waals surface area contributed by atoms with Crippen LogP contribution in [0, 0.1) is 10.1 Å². The molecule has 0 aliphatic carbocycles. The summed E-state index contributed by atoms with van der Waals surface area (Å²) >= 11 is 0. The summed E-state index contributed by atoms with van der Waals surface area (Å²) in [5, 5.41) is 20.0. The second-order valence-corrected chi connectivity index (χ2v) is 4.61. The van der Waals surface area contributed by atoms with Crippen molar-refractivity contribution in [1.82, 2.24) is 4.90 Å². The molecular weight excluding hydrogens is 264 g/mol. The third-order valence-corrected chi connectivity index (χ3v) is 3.44. The number of hydrazine groups is 1. The van der Waals surface area contributed by atoms with E-state index in [9.17, 15) is 20.0 Å². The zero-order valence-corrected chi connectivity index (χ0v) is 10.8. The van der Waals surface area contributed by atoms with Gasteiger partial charge in [-0.1, -0.05) is 0 Å². The normalized spacial score (nSPS) is 18.1. The number of carbonyl (C=O) groups is 1. The lowest BCUT2D eigenvalue weighted by atomic mass is 10.1. The molecule has 0 bridgehead atoms. The number of anilines is 1. The fourth-order valence-corrected chi connectivity index (χ4v) is 2.40. The molecule has 8 nitrogen and oxygen atoms in total. The zero-order chi connectivity index (χ0) is 14.7. The van der Waals surface area contributed by atoms with Crippen LogP contribution in [0.3, 0.4) is 0 Å². The molecule has 1 fully saturated rings. The molecule has 108 valence electrons. The fourth-order valence-electron chi connectivity index (χ4n) is 2.40. The second-order valence-electron chi connectivity index (χ2n) is 4.61. The fraction of sp³-hybridized carbons (Fsp3) is 0.417. The summed E-state index contributed by atoms with van der Waals surface area (Å²) in [7, 11) is 0. The molecular formula is C12H16N4O4. The third kappa shape index (κ3) is 2.56. The van der Waals surface area contributed by atoms with E-state index in [-0.39, 0.29) is 29.9 Å². The lowest BCUT2D eigenvalue weighted by Crippen LogP contribution is -2.37. The number of rotatable bonds is 4. The van der Waals surface area contributed by atoms with Gasteiger partial charge in [-0.15, -0.1) is 0 Å². The Morgan fingerprint density at radius 2 is 2.35 bits per heavy atom. The van der Waals surface area contributed by atoms with Gasteiger partial charge >= 0.3 is 0 Å². The topological polar surface area (TPSA) is 122 Å². The average molecular weight is 280 g/mol. The first kappa shape index (κ1) is 14.2. The molecule has 0 aromatic heterocycles. The summed E-state index contributed by atoms with van der Waals surface area (Å²) in [4.78, 5) is 24.2. The van der Waals surface area contributed by atoms with Crippen molar-refractivity contribution in [3.8, 4) is 0 Å². The Morgan fingerprint density at radius 1 is 1.60 bits per heavy atom. The number of nitrogens with zero attached hydrogens (tertiary/aromatic N) is 2. The Kier molecular flexibility index (Phi) is 4.16. The van der Waals surface area contributed by atoms with Crippen LogP contribution in [0.2, 0.25) is 0 Å². The molecule has 0 radical (unpaired) electrons. The molecule has 1 aliphatic heterocycles. The van der Waals surface area contributed by atoms with Crippen LogP contribution < -0.4 is 11.3 Å². The number of likely N-dealkylation sites (tertiary alicyclic amines) is 1. The van der Waals surface area contributed by atoms with Crippen molar-refractivity contribution in [2.24, 2.45) is 5.84 Å². The highest BCUT2D eigenvalue weighted by atomic mass is 16.6. The lowest BCUT2D eigenvalue weighted by molar-refractivity contribution is -0.384. The Hall–Kier alpha value is -2.19. The maximum Gasteiger partial charge on any atom is 0.293 e. The van der Waals surface area contributed by atoms with Gasteiger partial charge in [0, 0.05) is 18.2 Å². The van der Waals surface area contributed by atoms with Crippen molar-refractivity contribution < 1.29 is 14.8 Å². The van der Waals surface area contributed by atoms with E-state index < -0.39 is 4.92 Å². The molecule has 2 rings (SSSR count). The predicted octanol–water partition coefficient (Wildman–Crippen LogP) is 0.477. The van der Waals surface area contributed by atoms with Gasteiger partial charge in [0.1, 0.15) is 5.69 Å². The van der Waals surface area contributed by atoms with Crippen LogP contribution in [-0.4, -0.2) is 40.0 Å². The van der Waals surface area contributed by atoms with E-state index in [4.69, 9.17) is 5.84 Å². The van der Waals surface area contributed by atoms with Crippen LogP contribution in [0.5, 0.6) is 0 Å². The molecule has 4 N–H and O–H groups in total. The summed E-state index contributed by atoms with van der Waals surface area (Å²) in [6.07, 6.45) is 1.60. The number of amides is 1. The summed E-state index contributed by atoms with van der Waals surface area (Å²) in [5.41, 5.74) is 2.43. The molecule has 8 heteroatoms. The van der Waals surface area contributed by atoms with Crippen molar-refractivity contribution in [2.45, 2.75) is 18.9 Å². The number of aliphatic hydroxyl groups excluding tert-OH is 1. The van der Waals surface area contributed by atoms with Crippen molar-refractivity contribution in [1.29, 1.82) is 0 Å². The molecule has 0 spiro atoms. The van der Waals surface area contributed by atoms with Crippen molar-refractivity contribution >= 4 is 17.3 Å². The number of nitrogens with two attached hydrogens (primary N) is 1. The van der Waals surface area contributed by atoms with Crippen molar-refractivity contribution in [3.63, 3.8) is 0 Å². The molecule has 1 amide bonds. The van der Waals surface area contributed by atoms with Gasteiger partial charge < -0.3 is 15.4 Å². The third-order valence-electron chi connectivity index (χ3n) is 3.44. The summed E-state index contributed by atoms with van der Waals surface area (Å²) in [5.74, 6) is 4.99. The van der Waals surface area contributed by atoms with Gasteiger partial charge in [0.15, 0.2) is 0 Å². The first-order valence-electron chi connectivity index (χ1n) is 6.25. The van der Waals surface area contributed by atoms with Gasteiger partial charge in [-0.05, 0) is 25.0 Å². The van der Waals surface area contributed by atoms with E-state index in [0.717, 1.165) is 12.8 Å². The number of nitrogen functional groups attached to an aromatic ring is 1. The Bertz CT molecular complexity index is 534. The van der Waals surface area contributed by atoms with Crippen LogP contribution >= 0.6 is 0 Å². The minimum Gasteiger partial charge on any atom is -0.394 e. The number of hydrogen-bond donors (Lipinski definition) is 3. The average Bonchev–Trinajstić information content (AvgIpc) is 2.93. The van der Waals surface area contributed by atoms with E-state index in [1.807, 2.05) is 0 Å². The monoisotopic (exact) mass is 280 g/mol. The first-order valence-corrected chi connectivity index (χ1v) is 6.25. The van der Waals surface area contributed by atoms with E-state index in [1.165, 1.54) is 18.2 Å². The number of benzene rings is 1. The molecule has 1 unspecified atom stereocenters. The van der Waals surface area contributed by atoms with E-state index >= 15 is 0 Å². The van der Waals surface area contributed by atoms with Gasteiger partial charge in [0.2, 0.25) is 0 Å². The van der Waals surface area contributed by atoms with E-state index in [2.05, 4.69) is 5.43 Å². The minimum absolute atomic E-state index is 0.0826. The van der Waals surface area contributed by atoms with Crippen molar-refractivity contribution in [2.75, 3.05) is 18.6 Å². The molecule has 1 aromatic carbocycles. The number of carbonyl (C=O) groups excluding carboxylic acids is 1. The molecule has 20 heavy (non-hydrogen) atoms. The number of nitro groups is 1. The Labute approximate surface area is 115 Å². The minimum atomic E-state index is -0.574. The SMILES string of the molecule is NNc1cc(C(=O)N2CCCC2CO)ccc1[N+](=O)[O-]. The maximum absolute atomic E-state index is 12.3. The van der Waals surface area contributed by atoms with E-state index in [0.29, 0.717) is 12.1 Å². The van der Waals surface area contributed by atoms with Gasteiger partial charge in [-0.3, -0.25) is 20.8 Å². The van der Waals surface area contributed by atoms with Gasteiger partial charge in [-0.2, -0.15) is 0 Å². The lowest BCUT2D eigenvalue weighted by Gasteiger charge is -2.23. The Morgan fingerprint density at radius 3 is 2.95 bits per heavy atom. The largest absolute Gasteiger partial charge is 0.394 e. The van der Waals surface area contributed by atoms with Gasteiger partial charge in [-0.25, -0.2) is 0 Å². The highest BCUT2D eigenvalue weighted by Crippen LogP contribution is 2.26. The highest BCUT2D eigenvalue weighted by Gasteiger charge is 2.29. The molecule has 1 heterocycles. The molecule has 1 aliphatic rings. The van der Waals surface area contributed by atoms with Gasteiger partial charge in [0.05, 0.1) is 17.6 Å². The molecule has 0 saturated carbocycles. The highest BCUT2D eigenvalue weighted by molar-refractivity contribution is 5.96. The van der Waals surface area contributed by atoms with E-state index in [1.54, 1.807) is 4.90 Å². The van der Waals surface area contributed by atoms with Gasteiger partial charge in [0.25, 0.3) is 11.6 Å². The quantitative estimate of drug-likeness (QED) is 0.419. The zero-order valence-electron chi connectivity index (χ0n) is 10.8. The molecule has 1 atom stereocenters. The maximum atomic E-state index is 12.3. The molecule has 1 saturated heterocycles. The number of nitrogens with one attached hydrogen (secondary N) is 1. The predicted molar refractivity (Wildman–Crippen MR) is 72.1 cm³/mol. The van der Waals surface area contributed by atoms with Crippen molar-refractivity contribution in [3.05, 3.63) is 33.9 Å². The smallest absolute Gasteiger partial charge is 0.293 e.